The first kappa shape index (κ1) is 36.8. The van der Waals surface area contributed by atoms with Gasteiger partial charge in [-0.1, -0.05) is 36.4 Å². The molecule has 1 fully saturated rings. The van der Waals surface area contributed by atoms with Crippen LogP contribution in [-0.2, 0) is 27.3 Å². The van der Waals surface area contributed by atoms with Gasteiger partial charge in [0.25, 0.3) is 0 Å². The van der Waals surface area contributed by atoms with Crippen LogP contribution in [0.2, 0.25) is 0 Å². The van der Waals surface area contributed by atoms with E-state index in [-0.39, 0.29) is 54.3 Å². The molecule has 3 aromatic rings. The number of anilines is 1. The number of para-hydroxylation sites is 2. The van der Waals surface area contributed by atoms with E-state index in [0.29, 0.717) is 70.5 Å². The van der Waals surface area contributed by atoms with Gasteiger partial charge in [-0.25, -0.2) is 9.78 Å². The smallest absolute Gasteiger partial charge is 0.319 e. The summed E-state index contributed by atoms with van der Waals surface area (Å²) in [6.45, 7) is 4.44. The highest BCUT2D eigenvalue weighted by Gasteiger charge is 2.30. The Balaban J connectivity index is 1.21. The molecule has 1 aromatic heterocycles. The van der Waals surface area contributed by atoms with E-state index in [1.165, 1.54) is 0 Å². The Hall–Kier alpha value is -4.49. The van der Waals surface area contributed by atoms with Gasteiger partial charge in [-0.05, 0) is 70.1 Å². The van der Waals surface area contributed by atoms with Crippen molar-refractivity contribution < 1.29 is 24.3 Å². The number of hydrogen-bond donors (Lipinski definition) is 6. The van der Waals surface area contributed by atoms with Crippen LogP contribution >= 0.6 is 11.3 Å². The summed E-state index contributed by atoms with van der Waals surface area (Å²) in [7, 11) is 0. The van der Waals surface area contributed by atoms with Crippen molar-refractivity contribution in [2.75, 3.05) is 31.5 Å². The second-order valence-corrected chi connectivity index (χ2v) is 14.3. The fraction of sp³-hybridized carbons (Fsp3) is 0.486. The van der Waals surface area contributed by atoms with Crippen LogP contribution in [0, 0.1) is 6.92 Å². The molecule has 6 rings (SSSR count). The van der Waals surface area contributed by atoms with Crippen molar-refractivity contribution >= 4 is 40.8 Å². The highest BCUT2D eigenvalue weighted by atomic mass is 32.1. The van der Waals surface area contributed by atoms with Gasteiger partial charge in [0.15, 0.2) is 0 Å². The lowest BCUT2D eigenvalue weighted by molar-refractivity contribution is -0.134. The monoisotopic (exact) mass is 703 g/mol. The number of carbonyl (C=O) groups is 4. The van der Waals surface area contributed by atoms with E-state index in [9.17, 15) is 24.3 Å². The Bertz CT molecular complexity index is 1590. The number of urea groups is 1. The van der Waals surface area contributed by atoms with Gasteiger partial charge in [-0.2, -0.15) is 0 Å². The average molecular weight is 704 g/mol. The maximum atomic E-state index is 13.8. The zero-order chi connectivity index (χ0) is 35.3. The molecule has 4 heterocycles. The number of aryl methyl sites for hydroxylation is 1. The average Bonchev–Trinajstić information content (AvgIpc) is 3.47. The molecule has 0 radical (unpaired) electrons. The molecule has 268 valence electrons. The number of piperidine rings is 1. The lowest BCUT2D eigenvalue weighted by Crippen LogP contribution is -2.49. The zero-order valence-electron chi connectivity index (χ0n) is 28.7. The molecular weight excluding hydrogens is 655 g/mol. The van der Waals surface area contributed by atoms with E-state index in [1.807, 2.05) is 54.3 Å². The van der Waals surface area contributed by atoms with Crippen LogP contribution in [0.5, 0.6) is 5.75 Å². The minimum Gasteiger partial charge on any atom is -0.508 e. The summed E-state index contributed by atoms with van der Waals surface area (Å²) >= 11 is 1.62. The van der Waals surface area contributed by atoms with Crippen molar-refractivity contribution in [1.29, 1.82) is 0 Å². The second-order valence-electron chi connectivity index (χ2n) is 13.1. The van der Waals surface area contributed by atoms with Gasteiger partial charge in [0.05, 0.1) is 23.2 Å². The van der Waals surface area contributed by atoms with Crippen LogP contribution in [0.4, 0.5) is 10.5 Å². The Labute approximate surface area is 297 Å². The van der Waals surface area contributed by atoms with Gasteiger partial charge in [0.2, 0.25) is 17.7 Å². The summed E-state index contributed by atoms with van der Waals surface area (Å²) in [6.07, 6.45) is 4.94. The predicted octanol–water partition coefficient (Wildman–Crippen LogP) is 4.34. The van der Waals surface area contributed by atoms with Crippen molar-refractivity contribution in [3.8, 4) is 5.75 Å². The highest BCUT2D eigenvalue weighted by molar-refractivity contribution is 7.11. The quantitative estimate of drug-likeness (QED) is 0.181. The van der Waals surface area contributed by atoms with Gasteiger partial charge >= 0.3 is 6.03 Å². The van der Waals surface area contributed by atoms with Crippen LogP contribution < -0.4 is 26.6 Å². The maximum Gasteiger partial charge on any atom is 0.319 e. The predicted molar refractivity (Wildman–Crippen MR) is 194 cm³/mol. The van der Waals surface area contributed by atoms with E-state index < -0.39 is 6.04 Å². The van der Waals surface area contributed by atoms with Crippen molar-refractivity contribution in [2.24, 2.45) is 0 Å². The van der Waals surface area contributed by atoms with Crippen molar-refractivity contribution in [3.05, 3.63) is 75.7 Å². The Morgan fingerprint density at radius 1 is 1.00 bits per heavy atom. The number of benzene rings is 2. The molecule has 6 N–H and O–H groups in total. The van der Waals surface area contributed by atoms with E-state index in [4.69, 9.17) is 4.98 Å². The van der Waals surface area contributed by atoms with Crippen LogP contribution in [0.1, 0.15) is 78.4 Å². The molecule has 1 saturated heterocycles. The molecule has 3 aliphatic heterocycles. The lowest BCUT2D eigenvalue weighted by atomic mass is 9.96. The SMILES string of the molecule is Cc1sc2nc1CC(=O)N[C@@H](CCCCNC(=O)Nc1ccccc1)CC(=O)NCCC[C@H](NCc1ccccc1O)C(=O)N1CCC2CC1. The fourth-order valence-corrected chi connectivity index (χ4v) is 7.57. The molecule has 50 heavy (non-hydrogen) atoms. The highest BCUT2D eigenvalue weighted by Crippen LogP contribution is 2.33. The first-order valence-corrected chi connectivity index (χ1v) is 18.5. The summed E-state index contributed by atoms with van der Waals surface area (Å²) in [6, 6.07) is 15.2. The number of thiazole rings is 1. The minimum absolute atomic E-state index is 0.0287. The van der Waals surface area contributed by atoms with Crippen LogP contribution in [-0.4, -0.2) is 77.0 Å². The molecular formula is C37H49N7O5S. The standard InChI is InChI=1S/C37H49N7O5S/c1-25-31-23-34(47)41-29(13-7-8-18-39-37(49)42-28-11-3-2-4-12-28)22-33(46)38-19-9-14-30(40-24-27-10-5-6-15-32(27)45)36(48)44-20-16-26(17-21-44)35(43-31)50-25/h2-6,10-12,15,26,29-30,40,45H,7-9,13-14,16-24H2,1H3,(H,38,46)(H,41,47)(H2,39,42,49)/t29-,30-/m0/s1. The summed E-state index contributed by atoms with van der Waals surface area (Å²) in [5.74, 6) is 0.0995. The van der Waals surface area contributed by atoms with Gasteiger partial charge in [0.1, 0.15) is 5.75 Å². The van der Waals surface area contributed by atoms with Crippen molar-refractivity contribution in [3.63, 3.8) is 0 Å². The van der Waals surface area contributed by atoms with E-state index in [2.05, 4.69) is 26.6 Å². The molecule has 13 heteroatoms. The van der Waals surface area contributed by atoms with E-state index >= 15 is 0 Å². The number of carbonyl (C=O) groups excluding carboxylic acids is 4. The lowest BCUT2D eigenvalue weighted by Gasteiger charge is -2.34. The number of aromatic hydroxyl groups is 1. The minimum atomic E-state index is -0.464. The Morgan fingerprint density at radius 2 is 1.76 bits per heavy atom. The molecule has 4 bridgehead atoms. The Morgan fingerprint density at radius 3 is 2.54 bits per heavy atom. The number of unbranched alkanes of at least 4 members (excludes halogenated alkanes) is 1. The number of aromatic nitrogens is 1. The molecule has 5 amide bonds. The van der Waals surface area contributed by atoms with Gasteiger partial charge in [-0.3, -0.25) is 14.4 Å². The number of nitrogens with zero attached hydrogens (tertiary/aromatic N) is 2. The van der Waals surface area contributed by atoms with Crippen LogP contribution in [0.15, 0.2) is 54.6 Å². The van der Waals surface area contributed by atoms with Crippen LogP contribution in [0.3, 0.4) is 0 Å². The van der Waals surface area contributed by atoms with Gasteiger partial charge in [-0.15, -0.1) is 11.3 Å². The molecule has 3 aliphatic rings. The number of phenols is 1. The van der Waals surface area contributed by atoms with Crippen molar-refractivity contribution in [1.82, 2.24) is 31.2 Å². The molecule has 0 saturated carbocycles. The largest absolute Gasteiger partial charge is 0.508 e. The molecule has 0 aliphatic carbocycles. The number of fused-ring (bicyclic) bond motifs is 13. The number of rotatable bonds is 9. The number of nitrogens with one attached hydrogen (secondary N) is 5. The third kappa shape index (κ3) is 11.0. The zero-order valence-corrected chi connectivity index (χ0v) is 29.5. The molecule has 2 atom stereocenters. The number of phenolic OH excluding ortho intramolecular Hbond substituents is 1. The number of hydrogen-bond acceptors (Lipinski definition) is 8. The molecule has 2 aromatic carbocycles. The molecule has 12 nitrogen and oxygen atoms in total. The Kier molecular flexibility index (Phi) is 13.6. The first-order valence-electron chi connectivity index (χ1n) is 17.7. The summed E-state index contributed by atoms with van der Waals surface area (Å²) < 4.78 is 0. The van der Waals surface area contributed by atoms with Crippen molar-refractivity contribution in [2.45, 2.75) is 89.3 Å². The van der Waals surface area contributed by atoms with E-state index in [1.54, 1.807) is 23.5 Å². The van der Waals surface area contributed by atoms with Crippen LogP contribution in [0.25, 0.3) is 0 Å². The third-order valence-electron chi connectivity index (χ3n) is 9.31. The summed E-state index contributed by atoms with van der Waals surface area (Å²) in [5, 5.41) is 26.4. The topological polar surface area (TPSA) is 165 Å². The van der Waals surface area contributed by atoms with E-state index in [0.717, 1.165) is 34.0 Å². The van der Waals surface area contributed by atoms with Gasteiger partial charge in [0, 0.05) is 67.2 Å². The third-order valence-corrected chi connectivity index (χ3v) is 10.5. The van der Waals surface area contributed by atoms with Gasteiger partial charge < -0.3 is 36.6 Å². The number of amides is 5. The first-order chi connectivity index (χ1) is 24.2. The summed E-state index contributed by atoms with van der Waals surface area (Å²) in [4.78, 5) is 60.1. The second kappa shape index (κ2) is 18.5. The molecule has 0 spiro atoms. The normalized spacial score (nSPS) is 20.6. The summed E-state index contributed by atoms with van der Waals surface area (Å²) in [5.41, 5.74) is 2.19. The fourth-order valence-electron chi connectivity index (χ4n) is 6.46. The molecule has 0 unspecified atom stereocenters. The maximum absolute atomic E-state index is 13.8.